The highest BCUT2D eigenvalue weighted by Gasteiger charge is 2.17. The molecule has 5 nitrogen and oxygen atoms in total. The smallest absolute Gasteiger partial charge is 0.306 e. The van der Waals surface area contributed by atoms with E-state index in [0.717, 1.165) is 0 Å². The first-order chi connectivity index (χ1) is 9.52. The van der Waals surface area contributed by atoms with Crippen molar-refractivity contribution in [3.8, 4) is 0 Å². The average molecular weight is 408 g/mol. The number of nitrogens with zero attached hydrogens (tertiary/aromatic N) is 2. The van der Waals surface area contributed by atoms with Crippen molar-refractivity contribution >= 4 is 41.4 Å². The lowest BCUT2D eigenvalue weighted by Gasteiger charge is -2.11. The standard InChI is InChI=1S/C13H17IN2O3S/c1-3-19-13(17)9-10(2)8-12(16-20(14)18)11-6-4-5-7-15-11/h4-7,10H,3,8-9H2,1-2H3/t10-,20?/m0/s1. The molecule has 1 aromatic rings. The molecular formula is C13H17IN2O3S. The number of esters is 1. The number of rotatable bonds is 7. The van der Waals surface area contributed by atoms with Crippen molar-refractivity contribution in [3.63, 3.8) is 0 Å². The van der Waals surface area contributed by atoms with Crippen LogP contribution < -0.4 is 0 Å². The minimum absolute atomic E-state index is 0.0507. The fourth-order valence-electron chi connectivity index (χ4n) is 1.72. The molecule has 2 atom stereocenters. The number of ether oxygens (including phenoxy) is 1. The van der Waals surface area contributed by atoms with E-state index in [0.29, 0.717) is 30.9 Å². The largest absolute Gasteiger partial charge is 0.583 e. The second kappa shape index (κ2) is 9.30. The van der Waals surface area contributed by atoms with E-state index in [1.165, 1.54) is 0 Å². The van der Waals surface area contributed by atoms with Gasteiger partial charge in [-0.05, 0) is 31.4 Å². The zero-order chi connectivity index (χ0) is 15.0. The molecular weight excluding hydrogens is 391 g/mol. The van der Waals surface area contributed by atoms with Gasteiger partial charge in [-0.25, -0.2) is 0 Å². The summed E-state index contributed by atoms with van der Waals surface area (Å²) in [6.45, 7) is 4.10. The molecule has 0 bridgehead atoms. The third-order valence-corrected chi connectivity index (χ3v) is 3.46. The Balaban J connectivity index is 2.74. The predicted octanol–water partition coefficient (Wildman–Crippen LogP) is 2.86. The molecule has 7 heteroatoms. The van der Waals surface area contributed by atoms with Gasteiger partial charge in [0.2, 0.25) is 0 Å². The van der Waals surface area contributed by atoms with Crippen LogP contribution in [-0.4, -0.2) is 27.8 Å². The molecule has 20 heavy (non-hydrogen) atoms. The van der Waals surface area contributed by atoms with Crippen LogP contribution in [0.15, 0.2) is 28.8 Å². The lowest BCUT2D eigenvalue weighted by Crippen LogP contribution is -2.15. The third-order valence-electron chi connectivity index (χ3n) is 2.50. The summed E-state index contributed by atoms with van der Waals surface area (Å²) in [5, 5.41) is 0. The van der Waals surface area contributed by atoms with Crippen LogP contribution in [0, 0.1) is 5.92 Å². The molecule has 0 aliphatic rings. The van der Waals surface area contributed by atoms with E-state index in [4.69, 9.17) is 4.74 Å². The van der Waals surface area contributed by atoms with Gasteiger partial charge in [0.25, 0.3) is 21.2 Å². The third kappa shape index (κ3) is 6.67. The Hall–Kier alpha value is -0.670. The zero-order valence-corrected chi connectivity index (χ0v) is 14.4. The normalized spacial score (nSPS) is 14.7. The van der Waals surface area contributed by atoms with E-state index in [-0.39, 0.29) is 11.9 Å². The van der Waals surface area contributed by atoms with E-state index in [9.17, 15) is 9.35 Å². The van der Waals surface area contributed by atoms with Crippen molar-refractivity contribution in [1.82, 2.24) is 4.98 Å². The zero-order valence-electron chi connectivity index (χ0n) is 11.4. The Morgan fingerprint density at radius 2 is 2.30 bits per heavy atom. The molecule has 1 aromatic heterocycles. The summed E-state index contributed by atoms with van der Waals surface area (Å²) < 4.78 is 20.4. The highest BCUT2D eigenvalue weighted by Crippen LogP contribution is 2.16. The predicted molar refractivity (Wildman–Crippen MR) is 88.0 cm³/mol. The Labute approximate surface area is 134 Å². The number of hydrogen-bond acceptors (Lipinski definition) is 5. The summed E-state index contributed by atoms with van der Waals surface area (Å²) in [7, 11) is -1.33. The summed E-state index contributed by atoms with van der Waals surface area (Å²) in [5.41, 5.74) is 1.34. The molecule has 0 spiro atoms. The lowest BCUT2D eigenvalue weighted by atomic mass is 9.99. The van der Waals surface area contributed by atoms with E-state index in [1.54, 1.807) is 34.3 Å². The van der Waals surface area contributed by atoms with Gasteiger partial charge in [0.05, 0.1) is 12.3 Å². The van der Waals surface area contributed by atoms with Gasteiger partial charge in [0.1, 0.15) is 5.71 Å². The number of hydrogen-bond donors (Lipinski definition) is 0. The Kier molecular flexibility index (Phi) is 8.08. The number of aromatic nitrogens is 1. The van der Waals surface area contributed by atoms with E-state index in [2.05, 4.69) is 9.38 Å². The number of halogens is 1. The molecule has 1 heterocycles. The molecule has 0 amide bonds. The molecule has 0 aromatic carbocycles. The molecule has 0 fully saturated rings. The first-order valence-electron chi connectivity index (χ1n) is 6.25. The second-order valence-electron chi connectivity index (χ2n) is 4.28. The minimum atomic E-state index is -1.33. The van der Waals surface area contributed by atoms with Crippen LogP contribution >= 0.6 is 21.2 Å². The van der Waals surface area contributed by atoms with Crippen LogP contribution in [0.4, 0.5) is 0 Å². The van der Waals surface area contributed by atoms with Gasteiger partial charge in [-0.3, -0.25) is 9.78 Å². The fourth-order valence-corrected chi connectivity index (χ4v) is 2.77. The number of carbonyl (C=O) groups is 1. The van der Waals surface area contributed by atoms with Gasteiger partial charge in [-0.1, -0.05) is 17.4 Å². The Morgan fingerprint density at radius 3 is 2.85 bits per heavy atom. The molecule has 0 aliphatic carbocycles. The van der Waals surface area contributed by atoms with E-state index in [1.807, 2.05) is 25.1 Å². The van der Waals surface area contributed by atoms with E-state index < -0.39 is 8.53 Å². The summed E-state index contributed by atoms with van der Waals surface area (Å²) in [4.78, 5) is 15.7. The van der Waals surface area contributed by atoms with Crippen LogP contribution in [0.2, 0.25) is 0 Å². The first kappa shape index (κ1) is 17.4. The fraction of sp³-hybridized carbons (Fsp3) is 0.462. The molecule has 0 aliphatic heterocycles. The summed E-state index contributed by atoms with van der Waals surface area (Å²) in [6, 6.07) is 5.48. The van der Waals surface area contributed by atoms with Gasteiger partial charge in [0.15, 0.2) is 8.53 Å². The molecule has 1 unspecified atom stereocenters. The topological polar surface area (TPSA) is 74.6 Å². The van der Waals surface area contributed by atoms with Gasteiger partial charge in [-0.15, -0.1) is 0 Å². The highest BCUT2D eigenvalue weighted by atomic mass is 127. The maximum atomic E-state index is 11.5. The number of carbonyl (C=O) groups excluding carboxylic acids is 1. The van der Waals surface area contributed by atoms with Crippen LogP contribution in [0.1, 0.15) is 32.4 Å². The Bertz CT molecular complexity index is 454. The van der Waals surface area contributed by atoms with Crippen molar-refractivity contribution in [2.75, 3.05) is 6.61 Å². The lowest BCUT2D eigenvalue weighted by molar-refractivity contribution is -0.144. The van der Waals surface area contributed by atoms with Crippen LogP contribution in [0.3, 0.4) is 0 Å². The second-order valence-corrected chi connectivity index (χ2v) is 7.13. The molecule has 0 radical (unpaired) electrons. The van der Waals surface area contributed by atoms with Crippen molar-refractivity contribution in [2.24, 2.45) is 10.3 Å². The number of pyridine rings is 1. The SMILES string of the molecule is CCOC(=O)C[C@@H](C)CC(=N[S+]([O-])I)c1ccccn1. The van der Waals surface area contributed by atoms with Crippen molar-refractivity contribution in [1.29, 1.82) is 0 Å². The maximum Gasteiger partial charge on any atom is 0.306 e. The van der Waals surface area contributed by atoms with Crippen molar-refractivity contribution in [3.05, 3.63) is 30.1 Å². The van der Waals surface area contributed by atoms with E-state index >= 15 is 0 Å². The van der Waals surface area contributed by atoms with Crippen LogP contribution in [0.25, 0.3) is 0 Å². The van der Waals surface area contributed by atoms with Gasteiger partial charge >= 0.3 is 5.97 Å². The summed E-state index contributed by atoms with van der Waals surface area (Å²) >= 11 is 1.74. The summed E-state index contributed by atoms with van der Waals surface area (Å²) in [6.07, 6.45) is 2.51. The average Bonchev–Trinajstić information content (AvgIpc) is 2.38. The van der Waals surface area contributed by atoms with Gasteiger partial charge in [-0.2, -0.15) is 0 Å². The monoisotopic (exact) mass is 408 g/mol. The van der Waals surface area contributed by atoms with Crippen molar-refractivity contribution in [2.45, 2.75) is 26.7 Å². The van der Waals surface area contributed by atoms with Crippen molar-refractivity contribution < 1.29 is 14.1 Å². The molecule has 1 rings (SSSR count). The summed E-state index contributed by atoms with van der Waals surface area (Å²) in [5.74, 6) is -0.175. The minimum Gasteiger partial charge on any atom is -0.583 e. The molecule has 0 saturated heterocycles. The molecule has 0 N–H and O–H groups in total. The van der Waals surface area contributed by atoms with Gasteiger partial charge < -0.3 is 9.29 Å². The van der Waals surface area contributed by atoms with Crippen LogP contribution in [-0.2, 0) is 18.1 Å². The molecule has 110 valence electrons. The highest BCUT2D eigenvalue weighted by molar-refractivity contribution is 14.2. The molecule has 0 saturated carbocycles. The first-order valence-corrected chi connectivity index (χ1v) is 9.90. The quantitative estimate of drug-likeness (QED) is 0.301. The maximum absolute atomic E-state index is 11.5. The Morgan fingerprint density at radius 1 is 1.55 bits per heavy atom. The van der Waals surface area contributed by atoms with Gasteiger partial charge in [0, 0.05) is 12.6 Å². The van der Waals surface area contributed by atoms with Crippen LogP contribution in [0.5, 0.6) is 0 Å².